The van der Waals surface area contributed by atoms with Gasteiger partial charge < -0.3 is 34.0 Å². The van der Waals surface area contributed by atoms with Crippen LogP contribution in [0.2, 0.25) is 10.0 Å². The average molecular weight is 784 g/mol. The van der Waals surface area contributed by atoms with Gasteiger partial charge in [0.05, 0.1) is 68.1 Å². The van der Waals surface area contributed by atoms with Crippen LogP contribution in [-0.2, 0) is 17.8 Å². The molecule has 0 fully saturated rings. The Kier molecular flexibility index (Phi) is 11.7. The molecule has 0 saturated heterocycles. The standard InChI is InChI=1S/C40H37Cl2N7O6/c1-49(2,24-27-13-15-44-39(27)48(52)53)16-8-11-29(50)18-25-9-7-10-26(17-25)23-47-31-20-35(46-34-12-5-6-14-43-34)45-22-28(31)19-30(40(47)51)36-37(41)32(54-3)21-33(55-4)38(36)42/h5-12,14-15,17,19-22H,13,16,18,23-24H2,1-4H3/p+1/b11-8+. The molecule has 2 aromatic carbocycles. The van der Waals surface area contributed by atoms with Gasteiger partial charge in [0.25, 0.3) is 5.56 Å². The van der Waals surface area contributed by atoms with Crippen molar-refractivity contribution in [3.63, 3.8) is 0 Å². The number of pyridine rings is 3. The van der Waals surface area contributed by atoms with Crippen molar-refractivity contribution in [1.82, 2.24) is 14.5 Å². The summed E-state index contributed by atoms with van der Waals surface area (Å²) in [6, 6.07) is 18.0. The second-order valence-electron chi connectivity index (χ2n) is 13.5. The summed E-state index contributed by atoms with van der Waals surface area (Å²) in [7, 11) is 6.82. The van der Waals surface area contributed by atoms with Gasteiger partial charge in [-0.3, -0.25) is 9.59 Å². The number of hydrogen-bond donors (Lipinski definition) is 1. The lowest BCUT2D eigenvalue weighted by Gasteiger charge is -2.28. The third-order valence-corrected chi connectivity index (χ3v) is 9.77. The highest BCUT2D eigenvalue weighted by atomic mass is 35.5. The number of ketones is 1. The third kappa shape index (κ3) is 8.92. The summed E-state index contributed by atoms with van der Waals surface area (Å²) >= 11 is 13.6. The molecule has 0 unspecified atom stereocenters. The first-order chi connectivity index (χ1) is 26.4. The first-order valence-electron chi connectivity index (χ1n) is 17.2. The van der Waals surface area contributed by atoms with E-state index in [9.17, 15) is 19.7 Å². The van der Waals surface area contributed by atoms with Gasteiger partial charge in [0.15, 0.2) is 5.78 Å². The number of methoxy groups -OCH3 is 2. The van der Waals surface area contributed by atoms with Crippen molar-refractivity contribution in [2.75, 3.05) is 46.7 Å². The molecule has 5 aromatic rings. The quantitative estimate of drug-likeness (QED) is 0.0500. The zero-order valence-electron chi connectivity index (χ0n) is 30.6. The number of ether oxygens (including phenoxy) is 2. The van der Waals surface area contributed by atoms with Crippen LogP contribution in [0.4, 0.5) is 11.6 Å². The van der Waals surface area contributed by atoms with Crippen LogP contribution in [0.15, 0.2) is 106 Å². The molecule has 13 nitrogen and oxygen atoms in total. The van der Waals surface area contributed by atoms with Gasteiger partial charge in [-0.1, -0.05) is 58.5 Å². The Bertz CT molecular complexity index is 2420. The lowest BCUT2D eigenvalue weighted by Crippen LogP contribution is -2.41. The molecule has 1 N–H and O–H groups in total. The highest BCUT2D eigenvalue weighted by molar-refractivity contribution is 6.41. The summed E-state index contributed by atoms with van der Waals surface area (Å²) in [4.78, 5) is 51.4. The fourth-order valence-electron chi connectivity index (χ4n) is 6.43. The van der Waals surface area contributed by atoms with E-state index >= 15 is 0 Å². The Morgan fingerprint density at radius 2 is 1.75 bits per heavy atom. The van der Waals surface area contributed by atoms with Crippen molar-refractivity contribution in [3.8, 4) is 22.6 Å². The minimum absolute atomic E-state index is 0.0977. The molecule has 0 aliphatic carbocycles. The Morgan fingerprint density at radius 1 is 1.00 bits per heavy atom. The molecule has 15 heteroatoms. The summed E-state index contributed by atoms with van der Waals surface area (Å²) in [6.45, 7) is 1.07. The van der Waals surface area contributed by atoms with Crippen LogP contribution < -0.4 is 20.3 Å². The maximum absolute atomic E-state index is 14.6. The molecule has 55 heavy (non-hydrogen) atoms. The second kappa shape index (κ2) is 16.6. The largest absolute Gasteiger partial charge is 0.495 e. The summed E-state index contributed by atoms with van der Waals surface area (Å²) in [5.74, 6) is 1.43. The number of aliphatic imine (C=N–C) groups is 1. The van der Waals surface area contributed by atoms with E-state index in [-0.39, 0.29) is 62.8 Å². The number of hydrogen-bond acceptors (Lipinski definition) is 10. The predicted molar refractivity (Wildman–Crippen MR) is 214 cm³/mol. The number of aromatic nitrogens is 3. The summed E-state index contributed by atoms with van der Waals surface area (Å²) < 4.78 is 13.0. The summed E-state index contributed by atoms with van der Waals surface area (Å²) in [5, 5.41) is 15.5. The second-order valence-corrected chi connectivity index (χ2v) is 14.3. The van der Waals surface area contributed by atoms with Crippen LogP contribution in [-0.4, -0.2) is 77.3 Å². The lowest BCUT2D eigenvalue weighted by molar-refractivity contribution is -0.880. The molecule has 0 bridgehead atoms. The number of fused-ring (bicyclic) bond motifs is 1. The molecule has 1 aliphatic rings. The first kappa shape index (κ1) is 38.8. The highest BCUT2D eigenvalue weighted by Crippen LogP contribution is 2.45. The molecular formula is C40H38Cl2N7O6+. The number of likely N-dealkylation sites (N-methyl/N-ethyl adjacent to an activating group) is 1. The monoisotopic (exact) mass is 782 g/mol. The Balaban J connectivity index is 1.31. The number of halogens is 2. The molecule has 3 aromatic heterocycles. The van der Waals surface area contributed by atoms with Crippen LogP contribution in [0.25, 0.3) is 22.0 Å². The number of nitro groups is 1. The fourth-order valence-corrected chi connectivity index (χ4v) is 7.14. The van der Waals surface area contributed by atoms with E-state index in [0.29, 0.717) is 52.1 Å². The van der Waals surface area contributed by atoms with E-state index in [4.69, 9.17) is 32.7 Å². The zero-order chi connectivity index (χ0) is 39.3. The maximum atomic E-state index is 14.6. The number of anilines is 2. The van der Waals surface area contributed by atoms with Crippen molar-refractivity contribution in [2.45, 2.75) is 19.4 Å². The number of rotatable bonds is 15. The fraction of sp³-hybridized carbons (Fsp3) is 0.225. The summed E-state index contributed by atoms with van der Waals surface area (Å²) in [6.07, 6.45) is 8.78. The van der Waals surface area contributed by atoms with E-state index < -0.39 is 4.92 Å². The molecule has 0 atom stereocenters. The molecule has 4 heterocycles. The number of nitrogens with one attached hydrogen (secondary N) is 1. The molecular weight excluding hydrogens is 745 g/mol. The smallest absolute Gasteiger partial charge is 0.368 e. The lowest BCUT2D eigenvalue weighted by atomic mass is 10.0. The normalized spacial score (nSPS) is 12.8. The van der Waals surface area contributed by atoms with Crippen molar-refractivity contribution < 1.29 is 23.7 Å². The number of nitrogens with zero attached hydrogens (tertiary/aromatic N) is 6. The molecule has 0 amide bonds. The average Bonchev–Trinajstić information content (AvgIpc) is 3.62. The van der Waals surface area contributed by atoms with Crippen LogP contribution >= 0.6 is 23.2 Å². The van der Waals surface area contributed by atoms with Gasteiger partial charge in [0, 0.05) is 48.3 Å². The van der Waals surface area contributed by atoms with Gasteiger partial charge in [0.2, 0.25) is 0 Å². The maximum Gasteiger partial charge on any atom is 0.368 e. The van der Waals surface area contributed by atoms with Gasteiger partial charge >= 0.3 is 5.82 Å². The predicted octanol–water partition coefficient (Wildman–Crippen LogP) is 7.28. The molecule has 0 radical (unpaired) electrons. The van der Waals surface area contributed by atoms with Crippen LogP contribution in [0.1, 0.15) is 17.5 Å². The third-order valence-electron chi connectivity index (χ3n) is 9.02. The Hall–Kier alpha value is -5.89. The SMILES string of the molecule is COc1cc(OC)c(Cl)c(-c2cc3cnc(Nc4ccccn4)cc3n(Cc3cccc(CC(=O)/C=C/C[N+](C)(C)CC4=C([N+](=O)[O-])N=CC4)c3)c2=O)c1Cl. The molecule has 6 rings (SSSR count). The number of carbonyl (C=O) groups excluding carboxylic acids is 1. The number of allylic oxidation sites excluding steroid dienone is 1. The van der Waals surface area contributed by atoms with Crippen LogP contribution in [0, 0.1) is 10.1 Å². The molecule has 0 spiro atoms. The van der Waals surface area contributed by atoms with Crippen molar-refractivity contribution >= 4 is 57.7 Å². The minimum atomic E-state index is -0.458. The zero-order valence-corrected chi connectivity index (χ0v) is 32.1. The number of benzene rings is 2. The van der Waals surface area contributed by atoms with E-state index in [1.807, 2.05) is 56.6 Å². The topological polar surface area (TPSA) is 151 Å². The van der Waals surface area contributed by atoms with Crippen LogP contribution in [0.5, 0.6) is 11.5 Å². The van der Waals surface area contributed by atoms with Gasteiger partial charge in [-0.25, -0.2) is 9.97 Å². The molecule has 0 saturated carbocycles. The van der Waals surface area contributed by atoms with Crippen molar-refractivity contribution in [3.05, 3.63) is 138 Å². The van der Waals surface area contributed by atoms with E-state index in [2.05, 4.69) is 20.3 Å². The number of carbonyl (C=O) groups is 1. The van der Waals surface area contributed by atoms with E-state index in [0.717, 1.165) is 11.1 Å². The van der Waals surface area contributed by atoms with Gasteiger partial charge in [-0.2, -0.15) is 0 Å². The Morgan fingerprint density at radius 3 is 2.44 bits per heavy atom. The number of quaternary nitrogens is 1. The molecule has 282 valence electrons. The highest BCUT2D eigenvalue weighted by Gasteiger charge is 2.28. The van der Waals surface area contributed by atoms with E-state index in [1.165, 1.54) is 14.2 Å². The van der Waals surface area contributed by atoms with Gasteiger partial charge in [-0.15, -0.1) is 0 Å². The van der Waals surface area contributed by atoms with E-state index in [1.54, 1.807) is 53.5 Å². The van der Waals surface area contributed by atoms with Gasteiger partial charge in [0.1, 0.15) is 35.9 Å². The Labute approximate surface area is 326 Å². The first-order valence-corrected chi connectivity index (χ1v) is 17.9. The van der Waals surface area contributed by atoms with Crippen molar-refractivity contribution in [2.24, 2.45) is 4.99 Å². The van der Waals surface area contributed by atoms with Crippen molar-refractivity contribution in [1.29, 1.82) is 0 Å². The molecule has 1 aliphatic heterocycles. The minimum Gasteiger partial charge on any atom is -0.495 e. The summed E-state index contributed by atoms with van der Waals surface area (Å²) in [5.41, 5.74) is 2.89. The van der Waals surface area contributed by atoms with Crippen LogP contribution in [0.3, 0.4) is 0 Å². The van der Waals surface area contributed by atoms with Gasteiger partial charge in [-0.05, 0) is 46.4 Å².